The highest BCUT2D eigenvalue weighted by Crippen LogP contribution is 2.06. The number of hydrogen-bond acceptors (Lipinski definition) is 5. The number of nitrogens with one attached hydrogen (secondary N) is 1. The lowest BCUT2D eigenvalue weighted by Gasteiger charge is -2.20. The zero-order valence-corrected chi connectivity index (χ0v) is 9.47. The van der Waals surface area contributed by atoms with E-state index in [9.17, 15) is 4.79 Å². The molecule has 16 heavy (non-hydrogen) atoms. The van der Waals surface area contributed by atoms with Gasteiger partial charge in [0.2, 0.25) is 0 Å². The maximum Gasteiger partial charge on any atom is 0.356 e. The average molecular weight is 225 g/mol. The van der Waals surface area contributed by atoms with Gasteiger partial charge in [0, 0.05) is 7.11 Å². The first kappa shape index (κ1) is 12.4. The van der Waals surface area contributed by atoms with Gasteiger partial charge in [0.25, 0.3) is 0 Å². The van der Waals surface area contributed by atoms with E-state index in [1.54, 1.807) is 7.11 Å². The van der Waals surface area contributed by atoms with Crippen LogP contribution in [0.5, 0.6) is 0 Å². The van der Waals surface area contributed by atoms with Gasteiger partial charge in [0.15, 0.2) is 5.69 Å². The van der Waals surface area contributed by atoms with Crippen LogP contribution in [0.4, 0.5) is 5.82 Å². The van der Waals surface area contributed by atoms with Gasteiger partial charge in [-0.05, 0) is 13.8 Å². The highest BCUT2D eigenvalue weighted by Gasteiger charge is 2.12. The molecule has 0 aliphatic carbocycles. The van der Waals surface area contributed by atoms with Crippen molar-refractivity contribution in [2.24, 2.45) is 0 Å². The number of nitrogens with zero attached hydrogens (tertiary/aromatic N) is 2. The zero-order chi connectivity index (χ0) is 12.1. The molecule has 1 aromatic heterocycles. The Morgan fingerprint density at radius 3 is 2.56 bits per heavy atom. The van der Waals surface area contributed by atoms with E-state index in [-0.39, 0.29) is 17.8 Å². The molecule has 2 atom stereocenters. The van der Waals surface area contributed by atoms with Crippen LogP contribution < -0.4 is 5.32 Å². The van der Waals surface area contributed by atoms with Crippen LogP contribution in [-0.2, 0) is 4.74 Å². The summed E-state index contributed by atoms with van der Waals surface area (Å²) in [5.74, 6) is -0.557. The van der Waals surface area contributed by atoms with Crippen molar-refractivity contribution >= 4 is 11.8 Å². The number of carboxylic acids is 1. The predicted octanol–water partition coefficient (Wildman–Crippen LogP) is 1.01. The Kier molecular flexibility index (Phi) is 4.19. The fourth-order valence-corrected chi connectivity index (χ4v) is 1.07. The van der Waals surface area contributed by atoms with E-state index in [4.69, 9.17) is 9.84 Å². The molecule has 1 unspecified atom stereocenters. The molecule has 6 nitrogen and oxygen atoms in total. The molecule has 6 heteroatoms. The summed E-state index contributed by atoms with van der Waals surface area (Å²) in [7, 11) is 1.63. The second-order valence-corrected chi connectivity index (χ2v) is 3.47. The van der Waals surface area contributed by atoms with Crippen molar-refractivity contribution in [2.45, 2.75) is 26.0 Å². The average Bonchev–Trinajstić information content (AvgIpc) is 2.28. The molecule has 0 aliphatic rings. The number of carboxylic acid groups (broad SMARTS) is 1. The topological polar surface area (TPSA) is 84.3 Å². The standard InChI is InChI=1S/C10H15N3O3/c1-6(7(2)16-3)13-9-5-11-8(4-12-9)10(14)15/h4-7H,1-3H3,(H,12,13)(H,14,15)/t6-,7?/m0/s1. The van der Waals surface area contributed by atoms with Crippen LogP contribution in [-0.4, -0.2) is 40.3 Å². The maximum absolute atomic E-state index is 10.5. The van der Waals surface area contributed by atoms with Gasteiger partial charge < -0.3 is 15.2 Å². The smallest absolute Gasteiger partial charge is 0.356 e. The Morgan fingerprint density at radius 2 is 2.12 bits per heavy atom. The SMILES string of the molecule is COC(C)[C@H](C)Nc1cnc(C(=O)O)cn1. The summed E-state index contributed by atoms with van der Waals surface area (Å²) >= 11 is 0. The Bertz CT molecular complexity index is 353. The predicted molar refractivity (Wildman–Crippen MR) is 58.5 cm³/mol. The van der Waals surface area contributed by atoms with Crippen LogP contribution in [0.2, 0.25) is 0 Å². The van der Waals surface area contributed by atoms with Crippen molar-refractivity contribution in [3.8, 4) is 0 Å². The quantitative estimate of drug-likeness (QED) is 0.778. The molecule has 1 heterocycles. The van der Waals surface area contributed by atoms with Gasteiger partial charge in [-0.1, -0.05) is 0 Å². The summed E-state index contributed by atoms with van der Waals surface area (Å²) < 4.78 is 5.14. The molecule has 0 fully saturated rings. The molecule has 88 valence electrons. The highest BCUT2D eigenvalue weighted by atomic mass is 16.5. The van der Waals surface area contributed by atoms with E-state index in [1.165, 1.54) is 12.4 Å². The Hall–Kier alpha value is -1.69. The number of aromatic carboxylic acids is 1. The number of anilines is 1. The molecular formula is C10H15N3O3. The summed E-state index contributed by atoms with van der Waals surface area (Å²) in [5.41, 5.74) is -0.0713. The molecule has 0 bridgehead atoms. The van der Waals surface area contributed by atoms with Crippen molar-refractivity contribution in [1.29, 1.82) is 0 Å². The number of rotatable bonds is 5. The van der Waals surface area contributed by atoms with Gasteiger partial charge in [0.05, 0.1) is 24.5 Å². The Morgan fingerprint density at radius 1 is 1.44 bits per heavy atom. The minimum absolute atomic E-state index is 0.0287. The van der Waals surface area contributed by atoms with E-state index in [0.717, 1.165) is 0 Å². The number of methoxy groups -OCH3 is 1. The summed E-state index contributed by atoms with van der Waals surface area (Å²) in [6, 6.07) is 0.0648. The summed E-state index contributed by atoms with van der Waals surface area (Å²) in [6.45, 7) is 3.87. The van der Waals surface area contributed by atoms with Crippen LogP contribution in [0.25, 0.3) is 0 Å². The molecule has 0 aromatic carbocycles. The van der Waals surface area contributed by atoms with E-state index in [0.29, 0.717) is 5.82 Å². The first-order chi connectivity index (χ1) is 7.54. The monoisotopic (exact) mass is 225 g/mol. The minimum atomic E-state index is -1.09. The highest BCUT2D eigenvalue weighted by molar-refractivity contribution is 5.84. The molecule has 0 amide bonds. The second-order valence-electron chi connectivity index (χ2n) is 3.47. The number of carbonyl (C=O) groups is 1. The first-order valence-corrected chi connectivity index (χ1v) is 4.89. The van der Waals surface area contributed by atoms with Crippen LogP contribution in [0, 0.1) is 0 Å². The number of hydrogen-bond donors (Lipinski definition) is 2. The van der Waals surface area contributed by atoms with Gasteiger partial charge in [-0.2, -0.15) is 0 Å². The molecule has 1 rings (SSSR count). The molecule has 0 saturated heterocycles. The molecule has 0 aliphatic heterocycles. The minimum Gasteiger partial charge on any atom is -0.476 e. The van der Waals surface area contributed by atoms with Crippen molar-refractivity contribution < 1.29 is 14.6 Å². The lowest BCUT2D eigenvalue weighted by molar-refractivity contribution is 0.0690. The van der Waals surface area contributed by atoms with Crippen molar-refractivity contribution in [1.82, 2.24) is 9.97 Å². The number of aromatic nitrogens is 2. The van der Waals surface area contributed by atoms with E-state index in [2.05, 4.69) is 15.3 Å². The normalized spacial score (nSPS) is 14.2. The molecular weight excluding hydrogens is 210 g/mol. The Labute approximate surface area is 93.7 Å². The van der Waals surface area contributed by atoms with E-state index >= 15 is 0 Å². The van der Waals surface area contributed by atoms with Crippen LogP contribution >= 0.6 is 0 Å². The van der Waals surface area contributed by atoms with Gasteiger partial charge in [-0.15, -0.1) is 0 Å². The lowest BCUT2D eigenvalue weighted by Crippen LogP contribution is -2.30. The van der Waals surface area contributed by atoms with Crippen LogP contribution in [0.15, 0.2) is 12.4 Å². The van der Waals surface area contributed by atoms with Gasteiger partial charge in [-0.25, -0.2) is 14.8 Å². The van der Waals surface area contributed by atoms with E-state index in [1.807, 2.05) is 13.8 Å². The fourth-order valence-electron chi connectivity index (χ4n) is 1.07. The van der Waals surface area contributed by atoms with Gasteiger partial charge in [0.1, 0.15) is 5.82 Å². The fraction of sp³-hybridized carbons (Fsp3) is 0.500. The van der Waals surface area contributed by atoms with Crippen LogP contribution in [0.3, 0.4) is 0 Å². The van der Waals surface area contributed by atoms with E-state index < -0.39 is 5.97 Å². The first-order valence-electron chi connectivity index (χ1n) is 4.89. The third kappa shape index (κ3) is 3.16. The maximum atomic E-state index is 10.5. The van der Waals surface area contributed by atoms with Crippen molar-refractivity contribution in [2.75, 3.05) is 12.4 Å². The zero-order valence-electron chi connectivity index (χ0n) is 9.47. The van der Waals surface area contributed by atoms with Crippen molar-refractivity contribution in [3.63, 3.8) is 0 Å². The summed E-state index contributed by atoms with van der Waals surface area (Å²) in [4.78, 5) is 18.2. The summed E-state index contributed by atoms with van der Waals surface area (Å²) in [6.07, 6.45) is 2.64. The third-order valence-electron chi connectivity index (χ3n) is 2.32. The second kappa shape index (κ2) is 5.41. The largest absolute Gasteiger partial charge is 0.476 e. The molecule has 0 spiro atoms. The molecule has 2 N–H and O–H groups in total. The van der Waals surface area contributed by atoms with Gasteiger partial charge >= 0.3 is 5.97 Å². The van der Waals surface area contributed by atoms with Crippen LogP contribution in [0.1, 0.15) is 24.3 Å². The Balaban J connectivity index is 2.65. The van der Waals surface area contributed by atoms with Gasteiger partial charge in [-0.3, -0.25) is 0 Å². The van der Waals surface area contributed by atoms with Crippen molar-refractivity contribution in [3.05, 3.63) is 18.1 Å². The molecule has 0 saturated carbocycles. The third-order valence-corrected chi connectivity index (χ3v) is 2.32. The molecule has 1 aromatic rings. The summed E-state index contributed by atoms with van der Waals surface area (Å²) in [5, 5.41) is 11.7. The molecule has 0 radical (unpaired) electrons. The lowest BCUT2D eigenvalue weighted by atomic mass is 10.2. The number of ether oxygens (including phenoxy) is 1.